The van der Waals surface area contributed by atoms with Crippen molar-refractivity contribution in [3.63, 3.8) is 0 Å². The van der Waals surface area contributed by atoms with Gasteiger partial charge in [0.2, 0.25) is 0 Å². The number of ether oxygens (including phenoxy) is 4. The number of aliphatic hydroxyl groups is 1. The average molecular weight is 370 g/mol. The van der Waals surface area contributed by atoms with Gasteiger partial charge in [0.1, 0.15) is 24.4 Å². The van der Waals surface area contributed by atoms with Gasteiger partial charge in [0.05, 0.1) is 12.3 Å². The molecule has 0 bridgehead atoms. The number of benzene rings is 1. The number of rotatable bonds is 4. The maximum atomic E-state index is 10.9. The van der Waals surface area contributed by atoms with Crippen molar-refractivity contribution in [3.05, 3.63) is 66.0 Å². The molecule has 2 aliphatic heterocycles. The van der Waals surface area contributed by atoms with Crippen LogP contribution < -0.4 is 0 Å². The second-order valence-corrected chi connectivity index (χ2v) is 6.47. The van der Waals surface area contributed by atoms with Crippen LogP contribution in [-0.4, -0.2) is 60.7 Å². The van der Waals surface area contributed by atoms with Crippen LogP contribution in [0.2, 0.25) is 0 Å². The van der Waals surface area contributed by atoms with Gasteiger partial charge < -0.3 is 24.1 Å². The molecule has 2 aromatic rings. The Morgan fingerprint density at radius 1 is 1.15 bits per heavy atom. The molecule has 0 spiro atoms. The van der Waals surface area contributed by atoms with Gasteiger partial charge >= 0.3 is 0 Å². The quantitative estimate of drug-likeness (QED) is 0.825. The zero-order chi connectivity index (χ0) is 18.6. The van der Waals surface area contributed by atoms with E-state index in [4.69, 9.17) is 18.9 Å². The number of hydrogen-bond donors (Lipinski definition) is 1. The fourth-order valence-electron chi connectivity index (χ4n) is 3.33. The van der Waals surface area contributed by atoms with E-state index in [0.717, 1.165) is 5.56 Å². The van der Waals surface area contributed by atoms with Crippen molar-refractivity contribution in [1.82, 2.24) is 4.98 Å². The molecule has 2 saturated heterocycles. The van der Waals surface area contributed by atoms with E-state index in [1.165, 1.54) is 7.11 Å². The molecule has 3 heterocycles. The highest BCUT2D eigenvalue weighted by atomic mass is 16.7. The lowest BCUT2D eigenvalue weighted by Crippen LogP contribution is -2.61. The SMILES string of the molecule is CO[C@@H]1O[C@@H]2COC(c3ccccc3)O[C@H]2[C@@H](O)[C@@H]1N=Cc1ccccn1. The second kappa shape index (κ2) is 8.24. The summed E-state index contributed by atoms with van der Waals surface area (Å²) in [6, 6.07) is 14.5. The van der Waals surface area contributed by atoms with Crippen LogP contribution in [0.15, 0.2) is 59.7 Å². The van der Waals surface area contributed by atoms with E-state index < -0.39 is 36.9 Å². The molecular weight excluding hydrogens is 348 g/mol. The highest BCUT2D eigenvalue weighted by Crippen LogP contribution is 2.35. The molecule has 4 rings (SSSR count). The van der Waals surface area contributed by atoms with Gasteiger partial charge in [-0.1, -0.05) is 36.4 Å². The molecule has 142 valence electrons. The summed E-state index contributed by atoms with van der Waals surface area (Å²) in [5, 5.41) is 10.9. The molecule has 1 N–H and O–H groups in total. The third-order valence-corrected chi connectivity index (χ3v) is 4.70. The number of aromatic nitrogens is 1. The molecule has 2 fully saturated rings. The summed E-state index contributed by atoms with van der Waals surface area (Å²) >= 11 is 0. The highest BCUT2D eigenvalue weighted by Gasteiger charge is 2.49. The summed E-state index contributed by atoms with van der Waals surface area (Å²) in [7, 11) is 1.53. The van der Waals surface area contributed by atoms with Crippen molar-refractivity contribution in [2.24, 2.45) is 4.99 Å². The van der Waals surface area contributed by atoms with Crippen LogP contribution in [0.25, 0.3) is 0 Å². The lowest BCUT2D eigenvalue weighted by Gasteiger charge is -2.46. The van der Waals surface area contributed by atoms with E-state index >= 15 is 0 Å². The molecular formula is C20H22N2O5. The second-order valence-electron chi connectivity index (χ2n) is 6.47. The van der Waals surface area contributed by atoms with Gasteiger partial charge in [0, 0.05) is 25.1 Å². The predicted molar refractivity (Wildman–Crippen MR) is 97.3 cm³/mol. The first kappa shape index (κ1) is 18.2. The van der Waals surface area contributed by atoms with E-state index in [-0.39, 0.29) is 0 Å². The summed E-state index contributed by atoms with van der Waals surface area (Å²) in [5.74, 6) is 0. The van der Waals surface area contributed by atoms with Crippen LogP contribution in [0.3, 0.4) is 0 Å². The molecule has 7 nitrogen and oxygen atoms in total. The number of fused-ring (bicyclic) bond motifs is 1. The van der Waals surface area contributed by atoms with Gasteiger partial charge in [0.25, 0.3) is 0 Å². The summed E-state index contributed by atoms with van der Waals surface area (Å²) in [6.45, 7) is 0.303. The number of hydrogen-bond acceptors (Lipinski definition) is 7. The zero-order valence-corrected chi connectivity index (χ0v) is 14.9. The molecule has 0 aliphatic carbocycles. The number of methoxy groups -OCH3 is 1. The summed E-state index contributed by atoms with van der Waals surface area (Å²) in [5.41, 5.74) is 1.59. The average Bonchev–Trinajstić information content (AvgIpc) is 2.74. The molecule has 2 aliphatic rings. The van der Waals surface area contributed by atoms with Crippen molar-refractivity contribution >= 4 is 6.21 Å². The topological polar surface area (TPSA) is 82.4 Å². The van der Waals surface area contributed by atoms with Crippen LogP contribution in [0.5, 0.6) is 0 Å². The first-order valence-electron chi connectivity index (χ1n) is 8.89. The van der Waals surface area contributed by atoms with Gasteiger partial charge in [-0.05, 0) is 12.1 Å². The van der Waals surface area contributed by atoms with Crippen LogP contribution in [0, 0.1) is 0 Å². The van der Waals surface area contributed by atoms with Gasteiger partial charge in [-0.3, -0.25) is 9.98 Å². The van der Waals surface area contributed by atoms with E-state index in [9.17, 15) is 5.11 Å². The Morgan fingerprint density at radius 3 is 2.70 bits per heavy atom. The minimum atomic E-state index is -0.899. The predicted octanol–water partition coefficient (Wildman–Crippen LogP) is 1.72. The van der Waals surface area contributed by atoms with E-state index in [2.05, 4.69) is 9.98 Å². The van der Waals surface area contributed by atoms with Crippen molar-refractivity contribution in [2.45, 2.75) is 36.9 Å². The van der Waals surface area contributed by atoms with Gasteiger partial charge in [-0.15, -0.1) is 0 Å². The number of nitrogens with zero attached hydrogens (tertiary/aromatic N) is 2. The fraction of sp³-hybridized carbons (Fsp3) is 0.400. The van der Waals surface area contributed by atoms with Crippen LogP contribution >= 0.6 is 0 Å². The lowest BCUT2D eigenvalue weighted by molar-refractivity contribution is -0.338. The summed E-state index contributed by atoms with van der Waals surface area (Å²) in [4.78, 5) is 8.68. The smallest absolute Gasteiger partial charge is 0.184 e. The van der Waals surface area contributed by atoms with Crippen molar-refractivity contribution in [2.75, 3.05) is 13.7 Å². The molecule has 0 amide bonds. The maximum absolute atomic E-state index is 10.9. The minimum Gasteiger partial charge on any atom is -0.388 e. The van der Waals surface area contributed by atoms with Crippen LogP contribution in [-0.2, 0) is 18.9 Å². The Morgan fingerprint density at radius 2 is 1.96 bits per heavy atom. The Hall–Kier alpha value is -2.16. The monoisotopic (exact) mass is 370 g/mol. The highest BCUT2D eigenvalue weighted by molar-refractivity contribution is 5.76. The third kappa shape index (κ3) is 3.92. The van der Waals surface area contributed by atoms with Gasteiger partial charge in [-0.25, -0.2) is 0 Å². The normalized spacial score (nSPS) is 33.7. The van der Waals surface area contributed by atoms with E-state index in [1.807, 2.05) is 48.5 Å². The molecule has 6 atom stereocenters. The maximum Gasteiger partial charge on any atom is 0.184 e. The van der Waals surface area contributed by atoms with Crippen LogP contribution in [0.1, 0.15) is 17.5 Å². The molecule has 1 aromatic heterocycles. The first-order valence-corrected chi connectivity index (χ1v) is 8.89. The molecule has 27 heavy (non-hydrogen) atoms. The first-order chi connectivity index (χ1) is 13.3. The number of aliphatic hydroxyl groups excluding tert-OH is 1. The summed E-state index contributed by atoms with van der Waals surface area (Å²) < 4.78 is 23.1. The fourth-order valence-corrected chi connectivity index (χ4v) is 3.33. The standard InChI is InChI=1S/C20H22N2O5/c1-24-20-16(22-11-14-9-5-6-10-21-14)17(23)18-15(26-20)12-25-19(27-18)13-7-3-2-4-8-13/h2-11,15-20,23H,12H2,1H3/t15-,16+,17+,18-,19?,20-/m1/s1. The van der Waals surface area contributed by atoms with E-state index in [0.29, 0.717) is 12.3 Å². The Labute approximate surface area is 157 Å². The zero-order valence-electron chi connectivity index (χ0n) is 14.9. The molecule has 1 aromatic carbocycles. The third-order valence-electron chi connectivity index (χ3n) is 4.70. The Kier molecular flexibility index (Phi) is 5.56. The van der Waals surface area contributed by atoms with E-state index in [1.54, 1.807) is 12.4 Å². The molecule has 0 radical (unpaired) electrons. The largest absolute Gasteiger partial charge is 0.388 e. The molecule has 0 saturated carbocycles. The lowest BCUT2D eigenvalue weighted by atomic mass is 9.96. The molecule has 7 heteroatoms. The van der Waals surface area contributed by atoms with Crippen molar-refractivity contribution in [1.29, 1.82) is 0 Å². The van der Waals surface area contributed by atoms with Gasteiger partial charge in [-0.2, -0.15) is 0 Å². The molecule has 1 unspecified atom stereocenters. The van der Waals surface area contributed by atoms with Crippen molar-refractivity contribution in [3.8, 4) is 0 Å². The number of aliphatic imine (C=N–C) groups is 1. The number of pyridine rings is 1. The van der Waals surface area contributed by atoms with Crippen LogP contribution in [0.4, 0.5) is 0 Å². The summed E-state index contributed by atoms with van der Waals surface area (Å²) in [6.07, 6.45) is 0.158. The Balaban J connectivity index is 1.52. The van der Waals surface area contributed by atoms with Gasteiger partial charge in [0.15, 0.2) is 12.6 Å². The Bertz CT molecular complexity index is 757. The minimum absolute atomic E-state index is 0.303. The van der Waals surface area contributed by atoms with Crippen molar-refractivity contribution < 1.29 is 24.1 Å².